The van der Waals surface area contributed by atoms with Gasteiger partial charge in [-0.1, -0.05) is 46.8 Å². The van der Waals surface area contributed by atoms with Gasteiger partial charge in [0.1, 0.15) is 11.6 Å². The molecule has 9 rings (SSSR count). The molecule has 2 aliphatic rings. The molecule has 1 saturated carbocycles. The molecule has 7 aromatic rings. The van der Waals surface area contributed by atoms with E-state index in [0.717, 1.165) is 21.3 Å². The fourth-order valence-electron chi connectivity index (χ4n) is 6.58. The van der Waals surface area contributed by atoms with Crippen molar-refractivity contribution in [3.05, 3.63) is 124 Å². The maximum Gasteiger partial charge on any atom is 0.586 e. The number of primary amides is 1. The van der Waals surface area contributed by atoms with Crippen molar-refractivity contribution >= 4 is 29.1 Å². The van der Waals surface area contributed by atoms with E-state index in [9.17, 15) is 23.2 Å². The summed E-state index contributed by atoms with van der Waals surface area (Å²) in [5.74, 6) is -1.20. The number of urea groups is 1. The normalized spacial score (nSPS) is 14.6. The van der Waals surface area contributed by atoms with Gasteiger partial charge in [0.05, 0.1) is 33.7 Å². The standard InChI is InChI=1S/C39H27F3N12O6/c1-20-8-13-31(45-35(55)38(14-15-38)23-9-12-29-30(18-23)59-39(41,42)58-29)44-32(20)21-4-2-6-25(16-21)53(36(43)56)51-47-24-10-11-27(28(40)19-24)34-46-33(49-60-34)22-5-3-7-26(17-22)54-37(57)48-50-52-54/h2-13,16-19H,14-15H2,1H3,(H2,43,56)(H,44,45,55)(H,48,52,57)/b51-47+. The molecular formula is C39H27F3N12O6. The van der Waals surface area contributed by atoms with Gasteiger partial charge in [0, 0.05) is 17.2 Å². The number of H-pyrrole nitrogens is 1. The van der Waals surface area contributed by atoms with Crippen LogP contribution in [0.25, 0.3) is 39.8 Å². The lowest BCUT2D eigenvalue weighted by molar-refractivity contribution is -0.286. The molecule has 0 unspecified atom stereocenters. The lowest BCUT2D eigenvalue weighted by Crippen LogP contribution is -2.30. The smallest absolute Gasteiger partial charge is 0.395 e. The number of aromatic amines is 1. The molecule has 0 spiro atoms. The molecule has 3 aromatic heterocycles. The van der Waals surface area contributed by atoms with Gasteiger partial charge in [-0.25, -0.2) is 24.1 Å². The van der Waals surface area contributed by atoms with Gasteiger partial charge in [-0.15, -0.1) is 13.9 Å². The highest BCUT2D eigenvalue weighted by Gasteiger charge is 2.53. The molecule has 1 aliphatic heterocycles. The molecule has 300 valence electrons. The third kappa shape index (κ3) is 7.03. The van der Waals surface area contributed by atoms with Gasteiger partial charge in [0.15, 0.2) is 11.5 Å². The van der Waals surface area contributed by atoms with E-state index in [2.05, 4.69) is 55.8 Å². The van der Waals surface area contributed by atoms with Crippen LogP contribution in [0.2, 0.25) is 0 Å². The van der Waals surface area contributed by atoms with Crippen LogP contribution in [0.3, 0.4) is 0 Å². The second-order valence-corrected chi connectivity index (χ2v) is 13.7. The number of nitrogens with two attached hydrogens (primary N) is 1. The molecule has 0 radical (unpaired) electrons. The van der Waals surface area contributed by atoms with E-state index in [4.69, 9.17) is 10.3 Å². The maximum absolute atomic E-state index is 15.4. The van der Waals surface area contributed by atoms with Gasteiger partial charge in [-0.2, -0.15) is 14.7 Å². The van der Waals surface area contributed by atoms with Crippen LogP contribution in [0.5, 0.6) is 11.5 Å². The predicted octanol–water partition coefficient (Wildman–Crippen LogP) is 6.76. The number of aryl methyl sites for hydroxylation is 1. The summed E-state index contributed by atoms with van der Waals surface area (Å²) in [7, 11) is 0. The van der Waals surface area contributed by atoms with Gasteiger partial charge in [-0.05, 0) is 95.9 Å². The van der Waals surface area contributed by atoms with Crippen molar-refractivity contribution in [1.82, 2.24) is 35.3 Å². The van der Waals surface area contributed by atoms with Gasteiger partial charge in [-0.3, -0.25) is 4.79 Å². The van der Waals surface area contributed by atoms with Gasteiger partial charge < -0.3 is 25.0 Å². The number of anilines is 2. The molecule has 0 saturated heterocycles. The Morgan fingerprint density at radius 3 is 2.50 bits per heavy atom. The van der Waals surface area contributed by atoms with Crippen molar-refractivity contribution in [3.63, 3.8) is 0 Å². The van der Waals surface area contributed by atoms with E-state index in [-0.39, 0.29) is 51.9 Å². The van der Waals surface area contributed by atoms with E-state index in [1.54, 1.807) is 66.7 Å². The Labute approximate surface area is 334 Å². The topological polar surface area (TPSA) is 234 Å². The summed E-state index contributed by atoms with van der Waals surface area (Å²) in [4.78, 5) is 47.1. The molecule has 21 heteroatoms. The van der Waals surface area contributed by atoms with E-state index in [1.165, 1.54) is 24.3 Å². The van der Waals surface area contributed by atoms with Crippen molar-refractivity contribution in [2.45, 2.75) is 31.5 Å². The lowest BCUT2D eigenvalue weighted by Gasteiger charge is -2.17. The average molecular weight is 817 g/mol. The van der Waals surface area contributed by atoms with Gasteiger partial charge in [0.2, 0.25) is 11.7 Å². The summed E-state index contributed by atoms with van der Waals surface area (Å²) in [6, 6.07) is 23.6. The zero-order valence-electron chi connectivity index (χ0n) is 30.8. The first kappa shape index (κ1) is 37.4. The number of nitrogens with zero attached hydrogens (tertiary/aromatic N) is 9. The van der Waals surface area contributed by atoms with Crippen LogP contribution in [0.15, 0.2) is 117 Å². The number of benzene rings is 4. The highest BCUT2D eigenvalue weighted by molar-refractivity contribution is 6.01. The summed E-state index contributed by atoms with van der Waals surface area (Å²) >= 11 is 0. The van der Waals surface area contributed by atoms with E-state index >= 15 is 4.39 Å². The number of carbonyl (C=O) groups is 2. The van der Waals surface area contributed by atoms with Crippen molar-refractivity contribution in [2.24, 2.45) is 16.1 Å². The van der Waals surface area contributed by atoms with Crippen molar-refractivity contribution in [2.75, 3.05) is 10.3 Å². The second-order valence-electron chi connectivity index (χ2n) is 13.7. The number of amides is 3. The minimum Gasteiger partial charge on any atom is -0.395 e. The van der Waals surface area contributed by atoms with Crippen molar-refractivity contribution in [1.29, 1.82) is 0 Å². The number of carbonyl (C=O) groups excluding carboxylic acids is 2. The lowest BCUT2D eigenvalue weighted by atomic mass is 9.94. The molecule has 60 heavy (non-hydrogen) atoms. The largest absolute Gasteiger partial charge is 0.586 e. The van der Waals surface area contributed by atoms with Crippen LogP contribution in [0.4, 0.5) is 35.2 Å². The number of pyridine rings is 1. The average Bonchev–Trinajstić information content (AvgIpc) is 3.51. The predicted molar refractivity (Wildman–Crippen MR) is 204 cm³/mol. The molecular weight excluding hydrogens is 790 g/mol. The van der Waals surface area contributed by atoms with Crippen molar-refractivity contribution in [3.8, 4) is 51.3 Å². The summed E-state index contributed by atoms with van der Waals surface area (Å²) < 4.78 is 58.1. The van der Waals surface area contributed by atoms with E-state index < -0.39 is 29.2 Å². The fraction of sp³-hybridized carbons (Fsp3) is 0.128. The quantitative estimate of drug-likeness (QED) is 0.0964. The number of tetrazole rings is 1. The van der Waals surface area contributed by atoms with Crippen LogP contribution in [-0.2, 0) is 10.2 Å². The summed E-state index contributed by atoms with van der Waals surface area (Å²) in [5.41, 5.74) is 7.46. The zero-order chi connectivity index (χ0) is 41.8. The van der Waals surface area contributed by atoms with Crippen LogP contribution in [0.1, 0.15) is 24.0 Å². The molecule has 4 heterocycles. The summed E-state index contributed by atoms with van der Waals surface area (Å²) in [6.45, 7) is 1.81. The molecule has 18 nitrogen and oxygen atoms in total. The van der Waals surface area contributed by atoms with Gasteiger partial charge in [0.25, 0.3) is 5.89 Å². The first-order chi connectivity index (χ1) is 28.9. The molecule has 1 fully saturated rings. The Bertz CT molecular complexity index is 2940. The SMILES string of the molecule is Cc1ccc(NC(=O)C2(c3ccc4c(c3)OC(F)(F)O4)CC2)nc1-c1cccc(N(/N=N/c2ccc(-c3nc(-c4cccc(-n5nn[nH]c5=O)c4)no3)c(F)c2)C(N)=O)c1. The number of hydrogen-bond acceptors (Lipinski definition) is 13. The Balaban J connectivity index is 0.908. The second kappa shape index (κ2) is 14.3. The van der Waals surface area contributed by atoms with E-state index in [0.29, 0.717) is 40.9 Å². The number of hydrogen-bond donors (Lipinski definition) is 3. The Hall–Kier alpha value is -8.23. The number of rotatable bonds is 10. The molecule has 3 amide bonds. The van der Waals surface area contributed by atoms with Crippen LogP contribution in [-0.4, -0.2) is 53.6 Å². The minimum atomic E-state index is -3.78. The Morgan fingerprint density at radius 2 is 1.73 bits per heavy atom. The van der Waals surface area contributed by atoms with Crippen molar-refractivity contribution < 1.29 is 36.8 Å². The number of aromatic nitrogens is 7. The third-order valence-corrected chi connectivity index (χ3v) is 9.73. The number of nitrogens with one attached hydrogen (secondary N) is 2. The molecule has 0 bridgehead atoms. The monoisotopic (exact) mass is 816 g/mol. The summed E-state index contributed by atoms with van der Waals surface area (Å²) in [5, 5.41) is 25.0. The third-order valence-electron chi connectivity index (χ3n) is 9.73. The van der Waals surface area contributed by atoms with Crippen LogP contribution in [0, 0.1) is 12.7 Å². The van der Waals surface area contributed by atoms with Crippen LogP contribution >= 0.6 is 0 Å². The highest BCUT2D eigenvalue weighted by Crippen LogP contribution is 2.52. The molecule has 4 N–H and O–H groups in total. The Kier molecular flexibility index (Phi) is 8.90. The molecule has 4 aromatic carbocycles. The Morgan fingerprint density at radius 1 is 0.933 bits per heavy atom. The molecule has 0 atom stereocenters. The molecule has 1 aliphatic carbocycles. The maximum atomic E-state index is 15.4. The highest BCUT2D eigenvalue weighted by atomic mass is 19.3. The zero-order valence-corrected chi connectivity index (χ0v) is 30.8. The first-order valence-corrected chi connectivity index (χ1v) is 17.9. The number of alkyl halides is 2. The number of fused-ring (bicyclic) bond motifs is 1. The fourth-order valence-corrected chi connectivity index (χ4v) is 6.58. The van der Waals surface area contributed by atoms with Crippen LogP contribution < -0.4 is 31.2 Å². The first-order valence-electron chi connectivity index (χ1n) is 17.9. The summed E-state index contributed by atoms with van der Waals surface area (Å²) in [6.07, 6.45) is -2.82. The number of ether oxygens (including phenoxy) is 2. The van der Waals surface area contributed by atoms with E-state index in [1.807, 2.05) is 6.92 Å². The minimum absolute atomic E-state index is 0.0252. The van der Waals surface area contributed by atoms with Gasteiger partial charge >= 0.3 is 18.0 Å². The number of halogens is 3.